The average Bonchev–Trinajstić information content (AvgIpc) is 3.11. The maximum absolute atomic E-state index is 14.0. The lowest BCUT2D eigenvalue weighted by atomic mass is 10.1. The molecule has 2 rings (SSSR count). The van der Waals surface area contributed by atoms with Gasteiger partial charge < -0.3 is 5.32 Å². The number of nitrogens with zero attached hydrogens (tertiary/aromatic N) is 1. The van der Waals surface area contributed by atoms with Gasteiger partial charge in [0.15, 0.2) is 0 Å². The highest BCUT2D eigenvalue weighted by Crippen LogP contribution is 2.44. The van der Waals surface area contributed by atoms with Crippen LogP contribution in [0.15, 0.2) is 12.1 Å². The van der Waals surface area contributed by atoms with Gasteiger partial charge in [-0.15, -0.1) is 0 Å². The summed E-state index contributed by atoms with van der Waals surface area (Å²) in [6.07, 6.45) is 3.09. The number of halogens is 1. The summed E-state index contributed by atoms with van der Waals surface area (Å²) in [6, 6.07) is 3.06. The van der Waals surface area contributed by atoms with Gasteiger partial charge in [0.05, 0.1) is 17.6 Å². The smallest absolute Gasteiger partial charge is 0.232 e. The first-order valence-electron chi connectivity index (χ1n) is 6.35. The number of anilines is 2. The molecule has 1 N–H and O–H groups in total. The van der Waals surface area contributed by atoms with Crippen molar-refractivity contribution in [3.05, 3.63) is 23.5 Å². The van der Waals surface area contributed by atoms with Gasteiger partial charge >= 0.3 is 0 Å². The molecular weight excluding hydrogens is 267 g/mol. The second-order valence-corrected chi connectivity index (χ2v) is 6.94. The fourth-order valence-corrected chi connectivity index (χ4v) is 2.56. The lowest BCUT2D eigenvalue weighted by Gasteiger charge is -2.22. The van der Waals surface area contributed by atoms with Crippen molar-refractivity contribution in [3.8, 4) is 0 Å². The summed E-state index contributed by atoms with van der Waals surface area (Å²) in [5.41, 5.74) is 1.64. The molecule has 6 heteroatoms. The van der Waals surface area contributed by atoms with Crippen LogP contribution in [0.5, 0.6) is 0 Å². The number of nitrogens with one attached hydrogen (secondary N) is 1. The van der Waals surface area contributed by atoms with Gasteiger partial charge in [0.1, 0.15) is 5.82 Å². The average molecular weight is 286 g/mol. The molecule has 106 valence electrons. The second kappa shape index (κ2) is 5.00. The third-order valence-electron chi connectivity index (χ3n) is 3.34. The highest BCUT2D eigenvalue weighted by molar-refractivity contribution is 7.92. The van der Waals surface area contributed by atoms with E-state index in [0.717, 1.165) is 19.1 Å². The van der Waals surface area contributed by atoms with Gasteiger partial charge in [-0.05, 0) is 43.4 Å². The molecule has 1 saturated carbocycles. The predicted molar refractivity (Wildman–Crippen MR) is 75.8 cm³/mol. The van der Waals surface area contributed by atoms with Crippen molar-refractivity contribution in [2.24, 2.45) is 0 Å². The van der Waals surface area contributed by atoms with Crippen molar-refractivity contribution in [2.75, 3.05) is 29.5 Å². The summed E-state index contributed by atoms with van der Waals surface area (Å²) >= 11 is 0. The molecule has 0 aromatic heterocycles. The minimum Gasteiger partial charge on any atom is -0.384 e. The summed E-state index contributed by atoms with van der Waals surface area (Å²) in [7, 11) is -1.87. The molecule has 0 amide bonds. The van der Waals surface area contributed by atoms with Crippen LogP contribution in [0.25, 0.3) is 0 Å². The van der Waals surface area contributed by atoms with Gasteiger partial charge in [-0.1, -0.05) is 0 Å². The van der Waals surface area contributed by atoms with Gasteiger partial charge in [-0.2, -0.15) is 0 Å². The number of sulfonamides is 1. The van der Waals surface area contributed by atoms with Gasteiger partial charge in [-0.25, -0.2) is 12.8 Å². The molecule has 0 heterocycles. The van der Waals surface area contributed by atoms with Gasteiger partial charge in [0.25, 0.3) is 0 Å². The highest BCUT2D eigenvalue weighted by Gasteiger charge is 2.29. The van der Waals surface area contributed by atoms with E-state index in [-0.39, 0.29) is 11.7 Å². The van der Waals surface area contributed by atoms with E-state index < -0.39 is 10.0 Å². The Labute approximate surface area is 113 Å². The fraction of sp³-hybridized carbons (Fsp3) is 0.538. The normalized spacial score (nSPS) is 15.4. The van der Waals surface area contributed by atoms with E-state index in [1.165, 1.54) is 17.4 Å². The Hall–Kier alpha value is -1.30. The maximum Gasteiger partial charge on any atom is 0.232 e. The van der Waals surface area contributed by atoms with Crippen LogP contribution >= 0.6 is 0 Å². The molecule has 0 bridgehead atoms. The molecule has 1 aromatic carbocycles. The number of rotatable bonds is 5. The molecule has 19 heavy (non-hydrogen) atoms. The third kappa shape index (κ3) is 3.00. The van der Waals surface area contributed by atoms with Crippen LogP contribution in [-0.4, -0.2) is 28.3 Å². The van der Waals surface area contributed by atoms with E-state index in [4.69, 9.17) is 0 Å². The van der Waals surface area contributed by atoms with Crippen LogP contribution < -0.4 is 9.62 Å². The molecule has 0 atom stereocenters. The number of hydrogen-bond acceptors (Lipinski definition) is 3. The van der Waals surface area contributed by atoms with E-state index >= 15 is 0 Å². The summed E-state index contributed by atoms with van der Waals surface area (Å²) < 4.78 is 38.5. The van der Waals surface area contributed by atoms with Gasteiger partial charge in [0, 0.05) is 13.6 Å². The topological polar surface area (TPSA) is 49.4 Å². The van der Waals surface area contributed by atoms with Crippen LogP contribution in [0.2, 0.25) is 0 Å². The molecule has 0 unspecified atom stereocenters. The predicted octanol–water partition coefficient (Wildman–Crippen LogP) is 2.53. The monoisotopic (exact) mass is 286 g/mol. The molecule has 1 fully saturated rings. The van der Waals surface area contributed by atoms with Crippen molar-refractivity contribution in [1.29, 1.82) is 0 Å². The Balaban J connectivity index is 2.51. The first-order valence-corrected chi connectivity index (χ1v) is 8.20. The minimum atomic E-state index is -3.36. The van der Waals surface area contributed by atoms with Crippen LogP contribution in [0.4, 0.5) is 15.8 Å². The van der Waals surface area contributed by atoms with E-state index in [0.29, 0.717) is 23.5 Å². The van der Waals surface area contributed by atoms with Crippen molar-refractivity contribution in [3.63, 3.8) is 0 Å². The zero-order valence-corrected chi connectivity index (χ0v) is 12.2. The van der Waals surface area contributed by atoms with E-state index in [9.17, 15) is 12.8 Å². The molecule has 1 aliphatic carbocycles. The molecule has 0 radical (unpaired) electrons. The Morgan fingerprint density at radius 3 is 2.53 bits per heavy atom. The Kier molecular flexibility index (Phi) is 3.71. The summed E-state index contributed by atoms with van der Waals surface area (Å²) in [4.78, 5) is 0. The lowest BCUT2D eigenvalue weighted by molar-refractivity contribution is 0.599. The Morgan fingerprint density at radius 1 is 1.42 bits per heavy atom. The quantitative estimate of drug-likeness (QED) is 0.905. The molecule has 0 aliphatic heterocycles. The largest absolute Gasteiger partial charge is 0.384 e. The second-order valence-electron chi connectivity index (χ2n) is 4.93. The van der Waals surface area contributed by atoms with Crippen LogP contribution in [0.1, 0.15) is 31.2 Å². The number of hydrogen-bond donors (Lipinski definition) is 1. The first-order chi connectivity index (χ1) is 8.84. The lowest BCUT2D eigenvalue weighted by Crippen LogP contribution is -2.26. The zero-order valence-electron chi connectivity index (χ0n) is 11.4. The molecule has 4 nitrogen and oxygen atoms in total. The standard InChI is InChI=1S/C13H19FN2O2S/c1-4-15-12-8-11(14)10(9-5-6-9)7-13(12)16(2)19(3,17)18/h7-9,15H,4-6H2,1-3H3. The fourth-order valence-electron chi connectivity index (χ4n) is 2.06. The highest BCUT2D eigenvalue weighted by atomic mass is 32.2. The summed E-state index contributed by atoms with van der Waals surface area (Å²) in [5, 5.41) is 3.01. The first kappa shape index (κ1) is 14.1. The van der Waals surface area contributed by atoms with Crippen LogP contribution in [0.3, 0.4) is 0 Å². The van der Waals surface area contributed by atoms with Crippen LogP contribution in [0, 0.1) is 5.82 Å². The SMILES string of the molecule is CCNc1cc(F)c(C2CC2)cc1N(C)S(C)(=O)=O. The number of benzene rings is 1. The van der Waals surface area contributed by atoms with Crippen molar-refractivity contribution in [2.45, 2.75) is 25.7 Å². The van der Waals surface area contributed by atoms with Crippen molar-refractivity contribution >= 4 is 21.4 Å². The van der Waals surface area contributed by atoms with E-state index in [2.05, 4.69) is 5.32 Å². The van der Waals surface area contributed by atoms with Gasteiger partial charge in [0.2, 0.25) is 10.0 Å². The van der Waals surface area contributed by atoms with Crippen molar-refractivity contribution in [1.82, 2.24) is 0 Å². The maximum atomic E-state index is 14.0. The Morgan fingerprint density at radius 2 is 2.05 bits per heavy atom. The molecule has 1 aromatic rings. The molecule has 0 spiro atoms. The minimum absolute atomic E-state index is 0.238. The molecular formula is C13H19FN2O2S. The van der Waals surface area contributed by atoms with E-state index in [1.54, 1.807) is 6.07 Å². The molecule has 0 saturated heterocycles. The van der Waals surface area contributed by atoms with Gasteiger partial charge in [-0.3, -0.25) is 4.31 Å². The van der Waals surface area contributed by atoms with Crippen LogP contribution in [-0.2, 0) is 10.0 Å². The summed E-state index contributed by atoms with van der Waals surface area (Å²) in [5.74, 6) is -0.0218. The zero-order chi connectivity index (χ0) is 14.2. The third-order valence-corrected chi connectivity index (χ3v) is 4.53. The molecule has 1 aliphatic rings. The van der Waals surface area contributed by atoms with E-state index in [1.807, 2.05) is 6.92 Å². The van der Waals surface area contributed by atoms with Crippen molar-refractivity contribution < 1.29 is 12.8 Å². The summed E-state index contributed by atoms with van der Waals surface area (Å²) in [6.45, 7) is 2.49. The Bertz CT molecular complexity index is 583.